The number of carbonyl (C=O) groups is 2. The molecule has 1 atom stereocenters. The lowest BCUT2D eigenvalue weighted by molar-refractivity contribution is -0.142. The molecule has 7 heteroatoms. The van der Waals surface area contributed by atoms with Gasteiger partial charge in [0.2, 0.25) is 5.91 Å². The number of hydrogen-bond donors (Lipinski definition) is 1. The van der Waals surface area contributed by atoms with Gasteiger partial charge >= 0.3 is 0 Å². The molecule has 3 rings (SSSR count). The van der Waals surface area contributed by atoms with E-state index >= 15 is 0 Å². The van der Waals surface area contributed by atoms with Crippen molar-refractivity contribution < 1.29 is 19.1 Å². The van der Waals surface area contributed by atoms with E-state index in [9.17, 15) is 9.59 Å². The lowest BCUT2D eigenvalue weighted by atomic mass is 10.0. The van der Waals surface area contributed by atoms with Crippen LogP contribution in [0.1, 0.15) is 30.9 Å². The van der Waals surface area contributed by atoms with Crippen molar-refractivity contribution in [2.45, 2.75) is 38.8 Å². The van der Waals surface area contributed by atoms with Crippen LogP contribution in [0.3, 0.4) is 0 Å². The van der Waals surface area contributed by atoms with Crippen LogP contribution in [0.15, 0.2) is 78.9 Å². The van der Waals surface area contributed by atoms with Crippen molar-refractivity contribution in [1.29, 1.82) is 0 Å². The van der Waals surface area contributed by atoms with Crippen LogP contribution in [0.2, 0.25) is 5.02 Å². The summed E-state index contributed by atoms with van der Waals surface area (Å²) in [4.78, 5) is 28.5. The molecule has 0 aliphatic heterocycles. The van der Waals surface area contributed by atoms with Gasteiger partial charge in [-0.1, -0.05) is 73.5 Å². The highest BCUT2D eigenvalue weighted by molar-refractivity contribution is 6.31. The Bertz CT molecular complexity index is 1110. The maximum atomic E-state index is 13.6. The molecule has 6 nitrogen and oxygen atoms in total. The third-order valence-corrected chi connectivity index (χ3v) is 6.19. The fraction of sp³-hybridized carbons (Fsp3) is 0.310. The number of benzene rings is 3. The van der Waals surface area contributed by atoms with Gasteiger partial charge in [-0.05, 0) is 47.9 Å². The Morgan fingerprint density at radius 2 is 1.61 bits per heavy atom. The number of carbonyl (C=O) groups excluding carboxylic acids is 2. The number of ether oxygens (including phenoxy) is 2. The molecule has 1 unspecified atom stereocenters. The van der Waals surface area contributed by atoms with E-state index in [0.717, 1.165) is 24.0 Å². The third kappa shape index (κ3) is 8.02. The second kappa shape index (κ2) is 14.1. The molecule has 36 heavy (non-hydrogen) atoms. The Labute approximate surface area is 218 Å². The molecule has 0 aromatic heterocycles. The van der Waals surface area contributed by atoms with Crippen molar-refractivity contribution >= 4 is 23.4 Å². The first-order chi connectivity index (χ1) is 17.5. The Morgan fingerprint density at radius 1 is 0.944 bits per heavy atom. The minimum Gasteiger partial charge on any atom is -0.497 e. The normalized spacial score (nSPS) is 11.4. The summed E-state index contributed by atoms with van der Waals surface area (Å²) in [7, 11) is 1.59. The molecule has 3 aromatic carbocycles. The van der Waals surface area contributed by atoms with Crippen LogP contribution in [0.4, 0.5) is 0 Å². The van der Waals surface area contributed by atoms with E-state index in [1.165, 1.54) is 0 Å². The molecule has 0 saturated carbocycles. The topological polar surface area (TPSA) is 67.9 Å². The van der Waals surface area contributed by atoms with Crippen LogP contribution in [0.25, 0.3) is 0 Å². The molecular formula is C29H33ClN2O4. The van der Waals surface area contributed by atoms with Crippen molar-refractivity contribution in [3.05, 3.63) is 95.0 Å². The third-order valence-electron chi connectivity index (χ3n) is 5.82. The van der Waals surface area contributed by atoms with E-state index in [0.29, 0.717) is 29.5 Å². The number of nitrogens with zero attached hydrogens (tertiary/aromatic N) is 1. The van der Waals surface area contributed by atoms with Gasteiger partial charge in [-0.15, -0.1) is 0 Å². The highest BCUT2D eigenvalue weighted by Crippen LogP contribution is 2.21. The summed E-state index contributed by atoms with van der Waals surface area (Å²) in [6.45, 7) is 2.59. The number of rotatable bonds is 13. The summed E-state index contributed by atoms with van der Waals surface area (Å²) in [5, 5.41) is 3.54. The summed E-state index contributed by atoms with van der Waals surface area (Å²) in [5.41, 5.74) is 1.72. The summed E-state index contributed by atoms with van der Waals surface area (Å²) in [5.74, 6) is 0.726. The Hall–Kier alpha value is -3.51. The molecule has 1 N–H and O–H groups in total. The Morgan fingerprint density at radius 3 is 2.28 bits per heavy atom. The van der Waals surface area contributed by atoms with Crippen molar-refractivity contribution in [2.75, 3.05) is 20.3 Å². The number of halogens is 1. The molecule has 0 bridgehead atoms. The van der Waals surface area contributed by atoms with Gasteiger partial charge in [-0.25, -0.2) is 0 Å². The molecule has 0 aliphatic carbocycles. The molecule has 2 amide bonds. The number of hydrogen-bond acceptors (Lipinski definition) is 4. The van der Waals surface area contributed by atoms with Crippen molar-refractivity contribution in [3.63, 3.8) is 0 Å². The zero-order valence-corrected chi connectivity index (χ0v) is 21.5. The number of nitrogens with one attached hydrogen (secondary N) is 1. The molecule has 0 spiro atoms. The molecular weight excluding hydrogens is 476 g/mol. The van der Waals surface area contributed by atoms with Gasteiger partial charge < -0.3 is 19.7 Å². The van der Waals surface area contributed by atoms with Gasteiger partial charge in [0, 0.05) is 24.5 Å². The van der Waals surface area contributed by atoms with Gasteiger partial charge in [0.1, 0.15) is 17.5 Å². The van der Waals surface area contributed by atoms with E-state index in [4.69, 9.17) is 21.1 Å². The maximum Gasteiger partial charge on any atom is 0.261 e. The van der Waals surface area contributed by atoms with E-state index in [-0.39, 0.29) is 25.0 Å². The van der Waals surface area contributed by atoms with Crippen LogP contribution >= 0.6 is 11.6 Å². The summed E-state index contributed by atoms with van der Waals surface area (Å²) >= 11 is 6.44. The first-order valence-electron chi connectivity index (χ1n) is 12.1. The predicted octanol–water partition coefficient (Wildman–Crippen LogP) is 5.28. The zero-order valence-electron chi connectivity index (χ0n) is 20.8. The summed E-state index contributed by atoms with van der Waals surface area (Å²) in [6.07, 6.45) is 2.20. The number of methoxy groups -OCH3 is 1. The van der Waals surface area contributed by atoms with Crippen molar-refractivity contribution in [2.24, 2.45) is 0 Å². The predicted molar refractivity (Wildman–Crippen MR) is 142 cm³/mol. The minimum absolute atomic E-state index is 0.184. The lowest BCUT2D eigenvalue weighted by Gasteiger charge is -2.31. The van der Waals surface area contributed by atoms with Crippen LogP contribution in [0.5, 0.6) is 11.5 Å². The zero-order chi connectivity index (χ0) is 25.8. The molecule has 190 valence electrons. The van der Waals surface area contributed by atoms with Gasteiger partial charge in [0.25, 0.3) is 5.91 Å². The highest BCUT2D eigenvalue weighted by Gasteiger charge is 2.31. The van der Waals surface area contributed by atoms with Crippen LogP contribution < -0.4 is 14.8 Å². The Balaban J connectivity index is 1.87. The average molecular weight is 509 g/mol. The lowest BCUT2D eigenvalue weighted by Crippen LogP contribution is -2.51. The van der Waals surface area contributed by atoms with E-state index in [2.05, 4.69) is 12.2 Å². The maximum absolute atomic E-state index is 13.6. The monoisotopic (exact) mass is 508 g/mol. The standard InChI is InChI=1S/C29H33ClN2O4/c1-3-4-18-31-29(34)27(19-22-10-6-5-7-11-22)32(20-23-12-8-9-13-26(23)30)28(33)21-36-25-16-14-24(35-2)15-17-25/h5-17,27H,3-4,18-21H2,1-2H3,(H,31,34). The first kappa shape index (κ1) is 27.1. The van der Waals surface area contributed by atoms with Crippen LogP contribution in [-0.4, -0.2) is 43.0 Å². The second-order valence-electron chi connectivity index (χ2n) is 8.43. The molecule has 0 saturated heterocycles. The highest BCUT2D eigenvalue weighted by atomic mass is 35.5. The largest absolute Gasteiger partial charge is 0.497 e. The molecule has 0 aliphatic rings. The minimum atomic E-state index is -0.729. The molecule has 0 fully saturated rings. The molecule has 0 heterocycles. The summed E-state index contributed by atoms with van der Waals surface area (Å²) < 4.78 is 11.0. The molecule has 0 radical (unpaired) electrons. The van der Waals surface area contributed by atoms with Gasteiger partial charge in [-0.3, -0.25) is 9.59 Å². The van der Waals surface area contributed by atoms with Gasteiger partial charge in [0.05, 0.1) is 7.11 Å². The first-order valence-corrected chi connectivity index (χ1v) is 12.5. The van der Waals surface area contributed by atoms with E-state index < -0.39 is 6.04 Å². The number of amides is 2. The van der Waals surface area contributed by atoms with Crippen LogP contribution in [-0.2, 0) is 22.6 Å². The molecule has 3 aromatic rings. The average Bonchev–Trinajstić information content (AvgIpc) is 2.91. The fourth-order valence-electron chi connectivity index (χ4n) is 3.77. The Kier molecular flexibility index (Phi) is 10.6. The van der Waals surface area contributed by atoms with Crippen molar-refractivity contribution in [1.82, 2.24) is 10.2 Å². The fourth-order valence-corrected chi connectivity index (χ4v) is 3.97. The smallest absolute Gasteiger partial charge is 0.261 e. The number of unbranched alkanes of at least 4 members (excludes halogenated alkanes) is 1. The van der Waals surface area contributed by atoms with Crippen LogP contribution in [0, 0.1) is 0 Å². The quantitative estimate of drug-likeness (QED) is 0.319. The van der Waals surface area contributed by atoms with Gasteiger partial charge in [-0.2, -0.15) is 0 Å². The van der Waals surface area contributed by atoms with Gasteiger partial charge in [0.15, 0.2) is 6.61 Å². The van der Waals surface area contributed by atoms with E-state index in [1.54, 1.807) is 42.3 Å². The second-order valence-corrected chi connectivity index (χ2v) is 8.83. The SMILES string of the molecule is CCCCNC(=O)C(Cc1ccccc1)N(Cc1ccccc1Cl)C(=O)COc1ccc(OC)cc1. The van der Waals surface area contributed by atoms with Crippen molar-refractivity contribution in [3.8, 4) is 11.5 Å². The summed E-state index contributed by atoms with van der Waals surface area (Å²) in [6, 6.07) is 23.3. The van der Waals surface area contributed by atoms with E-state index in [1.807, 2.05) is 48.5 Å².